The first kappa shape index (κ1) is 25.2. The molecule has 12 heteroatoms. The molecule has 0 radical (unpaired) electrons. The minimum atomic E-state index is -4.80. The topological polar surface area (TPSA) is 96.7 Å². The van der Waals surface area contributed by atoms with E-state index in [1.807, 2.05) is 0 Å². The van der Waals surface area contributed by atoms with Gasteiger partial charge in [-0.2, -0.15) is 13.2 Å². The predicted octanol–water partition coefficient (Wildman–Crippen LogP) is 3.21. The Morgan fingerprint density at radius 3 is 2.45 bits per heavy atom. The van der Waals surface area contributed by atoms with Gasteiger partial charge in [-0.05, 0) is 37.8 Å². The number of nitro groups is 1. The SMILES string of the molecule is Cl.O=C(COC1CCC(Nc2ccc([N+](=O)[O-])c(C(F)(F)F)c2)CC1)N1CCNCC1. The van der Waals surface area contributed by atoms with Crippen molar-refractivity contribution in [2.45, 2.75) is 44.0 Å². The normalized spacial score (nSPS) is 21.8. The van der Waals surface area contributed by atoms with Gasteiger partial charge in [-0.25, -0.2) is 0 Å². The van der Waals surface area contributed by atoms with E-state index in [-0.39, 0.29) is 42.8 Å². The Balaban J connectivity index is 0.00000341. The van der Waals surface area contributed by atoms with Crippen LogP contribution >= 0.6 is 12.4 Å². The molecule has 174 valence electrons. The van der Waals surface area contributed by atoms with Gasteiger partial charge in [0.25, 0.3) is 5.69 Å². The molecule has 0 aromatic heterocycles. The minimum absolute atomic E-state index is 0. The molecule has 0 spiro atoms. The third kappa shape index (κ3) is 6.94. The Morgan fingerprint density at radius 2 is 1.87 bits per heavy atom. The molecule has 0 bridgehead atoms. The zero-order valence-electron chi connectivity index (χ0n) is 16.8. The van der Waals surface area contributed by atoms with E-state index in [1.165, 1.54) is 6.07 Å². The number of nitro benzene ring substituents is 1. The molecule has 3 rings (SSSR count). The minimum Gasteiger partial charge on any atom is -0.382 e. The number of anilines is 1. The van der Waals surface area contributed by atoms with E-state index in [9.17, 15) is 28.1 Å². The molecule has 1 amide bonds. The fraction of sp³-hybridized carbons (Fsp3) is 0.632. The Hall–Kier alpha value is -2.11. The van der Waals surface area contributed by atoms with Crippen molar-refractivity contribution in [1.82, 2.24) is 10.2 Å². The van der Waals surface area contributed by atoms with Crippen LogP contribution in [0.2, 0.25) is 0 Å². The summed E-state index contributed by atoms with van der Waals surface area (Å²) in [4.78, 5) is 23.8. The van der Waals surface area contributed by atoms with E-state index < -0.39 is 22.4 Å². The maximum absolute atomic E-state index is 13.1. The van der Waals surface area contributed by atoms with Crippen LogP contribution in [0.25, 0.3) is 0 Å². The van der Waals surface area contributed by atoms with Gasteiger partial charge in [0.2, 0.25) is 5.91 Å². The number of ether oxygens (including phenoxy) is 1. The van der Waals surface area contributed by atoms with Crippen LogP contribution in [-0.2, 0) is 15.7 Å². The molecule has 2 aliphatic rings. The first-order valence-corrected chi connectivity index (χ1v) is 9.96. The average Bonchev–Trinajstić information content (AvgIpc) is 2.73. The number of nitrogens with one attached hydrogen (secondary N) is 2. The number of amides is 1. The maximum Gasteiger partial charge on any atom is 0.423 e. The molecule has 1 aliphatic carbocycles. The van der Waals surface area contributed by atoms with Crippen LogP contribution < -0.4 is 10.6 Å². The highest BCUT2D eigenvalue weighted by molar-refractivity contribution is 5.85. The first-order valence-electron chi connectivity index (χ1n) is 9.96. The molecule has 1 heterocycles. The Morgan fingerprint density at radius 1 is 1.23 bits per heavy atom. The monoisotopic (exact) mass is 466 g/mol. The van der Waals surface area contributed by atoms with Crippen LogP contribution in [0.4, 0.5) is 24.5 Å². The van der Waals surface area contributed by atoms with Crippen LogP contribution in [0.5, 0.6) is 0 Å². The summed E-state index contributed by atoms with van der Waals surface area (Å²) >= 11 is 0. The molecular weight excluding hydrogens is 441 g/mol. The van der Waals surface area contributed by atoms with Crippen LogP contribution in [0.1, 0.15) is 31.2 Å². The number of hydrogen-bond donors (Lipinski definition) is 2. The highest BCUT2D eigenvalue weighted by Crippen LogP contribution is 2.38. The number of carbonyl (C=O) groups excluding carboxylic acids is 1. The third-order valence-corrected chi connectivity index (χ3v) is 5.46. The highest BCUT2D eigenvalue weighted by Gasteiger charge is 2.38. The Kier molecular flexibility index (Phi) is 8.90. The summed E-state index contributed by atoms with van der Waals surface area (Å²) in [6, 6.07) is 2.90. The second kappa shape index (κ2) is 11.0. The van der Waals surface area contributed by atoms with Crippen molar-refractivity contribution in [2.75, 3.05) is 38.1 Å². The Bertz CT molecular complexity index is 767. The zero-order valence-corrected chi connectivity index (χ0v) is 17.6. The smallest absolute Gasteiger partial charge is 0.382 e. The molecule has 1 aromatic rings. The molecule has 2 fully saturated rings. The largest absolute Gasteiger partial charge is 0.423 e. The van der Waals surface area contributed by atoms with Crippen molar-refractivity contribution < 1.29 is 27.6 Å². The van der Waals surface area contributed by atoms with Crippen molar-refractivity contribution in [3.8, 4) is 0 Å². The number of nitrogens with zero attached hydrogens (tertiary/aromatic N) is 2. The van der Waals surface area contributed by atoms with E-state index in [0.717, 1.165) is 25.2 Å². The molecular formula is C19H26ClF3N4O4. The van der Waals surface area contributed by atoms with Gasteiger partial charge in [0.05, 0.1) is 11.0 Å². The van der Waals surface area contributed by atoms with E-state index in [4.69, 9.17) is 4.74 Å². The van der Waals surface area contributed by atoms with Gasteiger partial charge in [-0.15, -0.1) is 12.4 Å². The molecule has 0 unspecified atom stereocenters. The van der Waals surface area contributed by atoms with E-state index in [2.05, 4.69) is 10.6 Å². The lowest BCUT2D eigenvalue weighted by Gasteiger charge is -2.31. The molecule has 1 aliphatic heterocycles. The number of benzene rings is 1. The second-order valence-corrected chi connectivity index (χ2v) is 7.55. The predicted molar refractivity (Wildman–Crippen MR) is 110 cm³/mol. The number of rotatable bonds is 6. The van der Waals surface area contributed by atoms with Crippen LogP contribution in [-0.4, -0.2) is 60.7 Å². The lowest BCUT2D eigenvalue weighted by molar-refractivity contribution is -0.388. The van der Waals surface area contributed by atoms with E-state index >= 15 is 0 Å². The zero-order chi connectivity index (χ0) is 21.7. The van der Waals surface area contributed by atoms with E-state index in [0.29, 0.717) is 38.8 Å². The van der Waals surface area contributed by atoms with Crippen molar-refractivity contribution in [2.24, 2.45) is 0 Å². The molecule has 31 heavy (non-hydrogen) atoms. The Labute approximate surface area is 184 Å². The summed E-state index contributed by atoms with van der Waals surface area (Å²) in [6.07, 6.45) is -2.15. The summed E-state index contributed by atoms with van der Waals surface area (Å²) < 4.78 is 45.1. The van der Waals surface area contributed by atoms with Gasteiger partial charge in [-0.1, -0.05) is 0 Å². The highest BCUT2D eigenvalue weighted by atomic mass is 35.5. The van der Waals surface area contributed by atoms with Gasteiger partial charge in [0, 0.05) is 44.0 Å². The fourth-order valence-electron chi connectivity index (χ4n) is 3.82. The van der Waals surface area contributed by atoms with Gasteiger partial charge < -0.3 is 20.3 Å². The van der Waals surface area contributed by atoms with Crippen LogP contribution in [0.15, 0.2) is 18.2 Å². The van der Waals surface area contributed by atoms with Crippen molar-refractivity contribution in [1.29, 1.82) is 0 Å². The standard InChI is InChI=1S/C19H25F3N4O4.ClH/c20-19(21,22)16-11-14(3-6-17(16)26(28)29)24-13-1-4-15(5-2-13)30-12-18(27)25-9-7-23-8-10-25;/h3,6,11,13,15,23-24H,1-2,4-5,7-10,12H2;1H. The number of hydrogen-bond acceptors (Lipinski definition) is 6. The van der Waals surface area contributed by atoms with Crippen LogP contribution in [0.3, 0.4) is 0 Å². The van der Waals surface area contributed by atoms with E-state index in [1.54, 1.807) is 4.90 Å². The quantitative estimate of drug-likeness (QED) is 0.493. The molecule has 0 atom stereocenters. The summed E-state index contributed by atoms with van der Waals surface area (Å²) in [5, 5.41) is 17.1. The summed E-state index contributed by atoms with van der Waals surface area (Å²) in [7, 11) is 0. The maximum atomic E-state index is 13.1. The molecule has 1 saturated carbocycles. The summed E-state index contributed by atoms with van der Waals surface area (Å²) in [5.41, 5.74) is -2.02. The number of piperazine rings is 1. The van der Waals surface area contributed by atoms with Gasteiger partial charge >= 0.3 is 6.18 Å². The average molecular weight is 467 g/mol. The van der Waals surface area contributed by atoms with Gasteiger partial charge in [0.1, 0.15) is 12.2 Å². The van der Waals surface area contributed by atoms with Crippen molar-refractivity contribution in [3.63, 3.8) is 0 Å². The van der Waals surface area contributed by atoms with Gasteiger partial charge in [0.15, 0.2) is 0 Å². The number of carbonyl (C=O) groups is 1. The number of halogens is 4. The molecule has 2 N–H and O–H groups in total. The summed E-state index contributed by atoms with van der Waals surface area (Å²) in [6.45, 7) is 2.95. The summed E-state index contributed by atoms with van der Waals surface area (Å²) in [5.74, 6) is -0.0256. The van der Waals surface area contributed by atoms with Crippen molar-refractivity contribution >= 4 is 29.7 Å². The van der Waals surface area contributed by atoms with Crippen molar-refractivity contribution in [3.05, 3.63) is 33.9 Å². The molecule has 1 aromatic carbocycles. The van der Waals surface area contributed by atoms with Crippen LogP contribution in [0, 0.1) is 10.1 Å². The lowest BCUT2D eigenvalue weighted by Crippen LogP contribution is -2.48. The first-order chi connectivity index (χ1) is 14.2. The second-order valence-electron chi connectivity index (χ2n) is 7.55. The molecule has 8 nitrogen and oxygen atoms in total. The third-order valence-electron chi connectivity index (χ3n) is 5.46. The molecule has 1 saturated heterocycles. The number of alkyl halides is 3. The fourth-order valence-corrected chi connectivity index (χ4v) is 3.82. The lowest BCUT2D eigenvalue weighted by atomic mass is 9.92. The van der Waals surface area contributed by atoms with Gasteiger partial charge in [-0.3, -0.25) is 14.9 Å².